The Kier molecular flexibility index (Phi) is 8.40. The molecule has 1 nitrogen and oxygen atoms in total. The Labute approximate surface area is 175 Å². The minimum Gasteiger partial charge on any atom is -0.475 e. The lowest BCUT2D eigenvalue weighted by Crippen LogP contribution is -2.23. The van der Waals surface area contributed by atoms with Crippen LogP contribution in [0, 0.1) is 42.2 Å². The van der Waals surface area contributed by atoms with Gasteiger partial charge in [0.25, 0.3) is 0 Å². The van der Waals surface area contributed by atoms with E-state index in [0.29, 0.717) is 12.0 Å². The molecule has 1 aromatic rings. The minimum absolute atomic E-state index is 0.0576. The molecule has 1 unspecified atom stereocenters. The monoisotopic (exact) mass is 401 g/mol. The molecule has 2 fully saturated rings. The highest BCUT2D eigenvalue weighted by atomic mass is 19.2. The predicted molar refractivity (Wildman–Crippen MR) is 115 cm³/mol. The highest BCUT2D eigenvalue weighted by molar-refractivity contribution is 5.34. The van der Waals surface area contributed by atoms with Crippen molar-refractivity contribution in [1.29, 1.82) is 0 Å². The third kappa shape index (κ3) is 5.74. The maximum atomic E-state index is 14.8. The number of hydrogen-bond acceptors (Lipinski definition) is 1. The highest BCUT2D eigenvalue weighted by Crippen LogP contribution is 2.44. The topological polar surface area (TPSA) is 9.23 Å². The number of rotatable bonds is 8. The normalized spacial score (nSPS) is 24.1. The molecule has 0 spiro atoms. The summed E-state index contributed by atoms with van der Waals surface area (Å²) >= 11 is 0. The van der Waals surface area contributed by atoms with Crippen LogP contribution in [0.1, 0.15) is 95.5 Å². The summed E-state index contributed by atoms with van der Waals surface area (Å²) in [4.78, 5) is 0. The van der Waals surface area contributed by atoms with E-state index in [1.54, 1.807) is 12.1 Å². The Balaban J connectivity index is 1.60. The van der Waals surface area contributed by atoms with Crippen LogP contribution < -0.4 is 4.74 Å². The van der Waals surface area contributed by atoms with Gasteiger partial charge in [-0.2, -0.15) is 4.39 Å². The molecule has 2 aliphatic rings. The van der Waals surface area contributed by atoms with Crippen LogP contribution in [0.5, 0.6) is 5.75 Å². The molecule has 1 radical (unpaired) electrons. The summed E-state index contributed by atoms with van der Waals surface area (Å²) in [7, 11) is 0. The van der Waals surface area contributed by atoms with Crippen molar-refractivity contribution < 1.29 is 13.5 Å². The van der Waals surface area contributed by atoms with Crippen molar-refractivity contribution in [1.82, 2.24) is 0 Å². The molecule has 3 rings (SSSR count). The first-order chi connectivity index (χ1) is 14.1. The van der Waals surface area contributed by atoms with Crippen LogP contribution in [0.3, 0.4) is 0 Å². The van der Waals surface area contributed by atoms with Crippen LogP contribution in [0.25, 0.3) is 0 Å². The summed E-state index contributed by atoms with van der Waals surface area (Å²) in [6, 6.07) is 3.29. The zero-order chi connectivity index (χ0) is 20.6. The molecule has 0 amide bonds. The van der Waals surface area contributed by atoms with Gasteiger partial charge < -0.3 is 4.74 Å². The first-order valence-corrected chi connectivity index (χ1v) is 11.6. The largest absolute Gasteiger partial charge is 0.475 e. The van der Waals surface area contributed by atoms with Crippen molar-refractivity contribution in [3.05, 3.63) is 35.8 Å². The molecule has 29 heavy (non-hydrogen) atoms. The second-order valence-electron chi connectivity index (χ2n) is 8.86. The lowest BCUT2D eigenvalue weighted by Gasteiger charge is -2.36. The van der Waals surface area contributed by atoms with Gasteiger partial charge in [0.1, 0.15) is 0 Å². The van der Waals surface area contributed by atoms with E-state index in [1.165, 1.54) is 25.7 Å². The summed E-state index contributed by atoms with van der Waals surface area (Å²) < 4.78 is 35.2. The zero-order valence-electron chi connectivity index (χ0n) is 17.8. The molecule has 0 heterocycles. The molecule has 2 aliphatic carbocycles. The highest BCUT2D eigenvalue weighted by Gasteiger charge is 2.31. The van der Waals surface area contributed by atoms with Gasteiger partial charge in [0.15, 0.2) is 17.7 Å². The SMILES string of the molecule is C#CC(CCCCC)Oc1ccc(C2CCC(C3CC[CH]CC3)CC2)c(F)c1F. The van der Waals surface area contributed by atoms with E-state index in [2.05, 4.69) is 19.3 Å². The molecule has 1 atom stereocenters. The molecule has 2 saturated carbocycles. The summed E-state index contributed by atoms with van der Waals surface area (Å²) in [5.74, 6) is 2.56. The number of halogens is 2. The van der Waals surface area contributed by atoms with Crippen molar-refractivity contribution in [2.75, 3.05) is 0 Å². The average molecular weight is 402 g/mol. The lowest BCUT2D eigenvalue weighted by atomic mass is 9.70. The second kappa shape index (κ2) is 11.0. The van der Waals surface area contributed by atoms with Crippen LogP contribution in [0.2, 0.25) is 0 Å². The maximum absolute atomic E-state index is 14.8. The van der Waals surface area contributed by atoms with Crippen LogP contribution in [0.4, 0.5) is 8.78 Å². The van der Waals surface area contributed by atoms with Gasteiger partial charge in [-0.1, -0.05) is 31.8 Å². The fourth-order valence-corrected chi connectivity index (χ4v) is 5.19. The van der Waals surface area contributed by atoms with Crippen LogP contribution >= 0.6 is 0 Å². The maximum Gasteiger partial charge on any atom is 0.200 e. The van der Waals surface area contributed by atoms with Crippen LogP contribution in [-0.4, -0.2) is 6.10 Å². The van der Waals surface area contributed by atoms with Gasteiger partial charge in [-0.15, -0.1) is 6.42 Å². The minimum atomic E-state index is -0.886. The molecule has 1 aromatic carbocycles. The molecule has 0 aliphatic heterocycles. The van der Waals surface area contributed by atoms with Crippen molar-refractivity contribution >= 4 is 0 Å². The molecule has 3 heteroatoms. The smallest absolute Gasteiger partial charge is 0.200 e. The number of unbranched alkanes of at least 4 members (excludes halogenated alkanes) is 2. The number of hydrogen-bond donors (Lipinski definition) is 0. The van der Waals surface area contributed by atoms with Crippen molar-refractivity contribution in [3.63, 3.8) is 0 Å². The summed E-state index contributed by atoms with van der Waals surface area (Å²) in [5.41, 5.74) is 0.508. The number of terminal acetylenes is 1. The fourth-order valence-electron chi connectivity index (χ4n) is 5.19. The second-order valence-corrected chi connectivity index (χ2v) is 8.86. The van der Waals surface area contributed by atoms with E-state index in [-0.39, 0.29) is 11.7 Å². The molecule has 0 aromatic heterocycles. The van der Waals surface area contributed by atoms with Crippen molar-refractivity contribution in [2.45, 2.75) is 96.0 Å². The molecule has 0 saturated heterocycles. The van der Waals surface area contributed by atoms with E-state index in [0.717, 1.165) is 56.8 Å². The van der Waals surface area contributed by atoms with Gasteiger partial charge in [-0.25, -0.2) is 4.39 Å². The van der Waals surface area contributed by atoms with E-state index in [4.69, 9.17) is 11.2 Å². The molecule has 159 valence electrons. The van der Waals surface area contributed by atoms with Gasteiger partial charge in [-0.3, -0.25) is 0 Å². The number of benzene rings is 1. The van der Waals surface area contributed by atoms with Gasteiger partial charge in [0.05, 0.1) is 0 Å². The number of ether oxygens (including phenoxy) is 1. The summed E-state index contributed by atoms with van der Waals surface area (Å²) in [6.07, 6.45) is 20.4. The predicted octanol–water partition coefficient (Wildman–Crippen LogP) is 7.59. The Hall–Kier alpha value is -1.56. The van der Waals surface area contributed by atoms with Gasteiger partial charge >= 0.3 is 0 Å². The van der Waals surface area contributed by atoms with E-state index in [1.807, 2.05) is 0 Å². The average Bonchev–Trinajstić information content (AvgIpc) is 2.77. The van der Waals surface area contributed by atoms with Gasteiger partial charge in [0.2, 0.25) is 5.82 Å². The molecular weight excluding hydrogens is 366 g/mol. The van der Waals surface area contributed by atoms with Crippen LogP contribution in [0.15, 0.2) is 12.1 Å². The van der Waals surface area contributed by atoms with Crippen molar-refractivity contribution in [2.24, 2.45) is 11.8 Å². The summed E-state index contributed by atoms with van der Waals surface area (Å²) in [6.45, 7) is 2.11. The molecule has 0 bridgehead atoms. The Bertz CT molecular complexity index is 679. The van der Waals surface area contributed by atoms with Gasteiger partial charge in [0, 0.05) is 0 Å². The van der Waals surface area contributed by atoms with Crippen LogP contribution in [-0.2, 0) is 0 Å². The molecular formula is C26H35F2O. The summed E-state index contributed by atoms with van der Waals surface area (Å²) in [5, 5.41) is 0. The fraction of sp³-hybridized carbons (Fsp3) is 0.654. The standard InChI is InChI=1S/C26H35F2O/c1-3-5-7-12-22(4-2)29-24-18-17-23(25(27)26(24)28)21-15-13-20(14-16-21)19-10-8-6-9-11-19/h2,6,17-22H,3,5,7-16H2,1H3. The Morgan fingerprint density at radius 1 is 1.00 bits per heavy atom. The zero-order valence-corrected chi connectivity index (χ0v) is 17.8. The quantitative estimate of drug-likeness (QED) is 0.322. The van der Waals surface area contributed by atoms with Gasteiger partial charge in [-0.05, 0) is 100 Å². The lowest BCUT2D eigenvalue weighted by molar-refractivity contribution is 0.197. The van der Waals surface area contributed by atoms with Crippen molar-refractivity contribution in [3.8, 4) is 18.1 Å². The third-order valence-corrected chi connectivity index (χ3v) is 6.96. The first-order valence-electron chi connectivity index (χ1n) is 11.6. The Morgan fingerprint density at radius 3 is 2.34 bits per heavy atom. The van der Waals surface area contributed by atoms with E-state index < -0.39 is 17.7 Å². The third-order valence-electron chi connectivity index (χ3n) is 6.96. The molecule has 0 N–H and O–H groups in total. The van der Waals surface area contributed by atoms with E-state index >= 15 is 0 Å². The van der Waals surface area contributed by atoms with E-state index in [9.17, 15) is 8.78 Å². The first kappa shape index (κ1) is 22.1. The Morgan fingerprint density at radius 2 is 1.69 bits per heavy atom.